The lowest BCUT2D eigenvalue weighted by molar-refractivity contribution is 0.288. The van der Waals surface area contributed by atoms with Crippen LogP contribution in [0.25, 0.3) is 0 Å². The van der Waals surface area contributed by atoms with Gasteiger partial charge in [0.1, 0.15) is 0 Å². The summed E-state index contributed by atoms with van der Waals surface area (Å²) in [4.78, 5) is 2.41. The highest BCUT2D eigenvalue weighted by atomic mass is 15.2. The van der Waals surface area contributed by atoms with Crippen LogP contribution in [0.15, 0.2) is 24.3 Å². The molecule has 0 unspecified atom stereocenters. The van der Waals surface area contributed by atoms with E-state index in [1.807, 2.05) is 0 Å². The molecular weight excluding hydrogens is 206 g/mol. The van der Waals surface area contributed by atoms with Gasteiger partial charge >= 0.3 is 0 Å². The predicted molar refractivity (Wildman–Crippen MR) is 72.8 cm³/mol. The molecule has 17 heavy (non-hydrogen) atoms. The van der Waals surface area contributed by atoms with E-state index >= 15 is 0 Å². The molecule has 1 aromatic rings. The van der Waals surface area contributed by atoms with E-state index in [0.29, 0.717) is 5.92 Å². The van der Waals surface area contributed by atoms with Crippen LogP contribution in [0.4, 0.5) is 0 Å². The Balaban J connectivity index is 1.99. The fourth-order valence-corrected chi connectivity index (χ4v) is 2.11. The van der Waals surface area contributed by atoms with Crippen LogP contribution in [0.2, 0.25) is 0 Å². The molecule has 0 saturated heterocycles. The van der Waals surface area contributed by atoms with Crippen molar-refractivity contribution in [1.29, 1.82) is 0 Å². The Kier molecular flexibility index (Phi) is 3.86. The molecular formula is C16H21N. The van der Waals surface area contributed by atoms with E-state index in [1.165, 1.54) is 24.0 Å². The zero-order valence-electron chi connectivity index (χ0n) is 10.8. The predicted octanol–water partition coefficient (Wildman–Crippen LogP) is 3.41. The van der Waals surface area contributed by atoms with Crippen molar-refractivity contribution in [2.24, 2.45) is 0 Å². The van der Waals surface area contributed by atoms with Gasteiger partial charge in [-0.15, -0.1) is 6.42 Å². The third kappa shape index (κ3) is 3.35. The third-order valence-electron chi connectivity index (χ3n) is 3.39. The molecule has 0 spiro atoms. The number of nitrogens with zero attached hydrogens (tertiary/aromatic N) is 1. The van der Waals surface area contributed by atoms with E-state index in [0.717, 1.165) is 19.1 Å². The number of hydrogen-bond acceptors (Lipinski definition) is 1. The van der Waals surface area contributed by atoms with Gasteiger partial charge in [-0.1, -0.05) is 44.0 Å². The van der Waals surface area contributed by atoms with Gasteiger partial charge < -0.3 is 0 Å². The number of benzene rings is 1. The van der Waals surface area contributed by atoms with Crippen LogP contribution in [0.5, 0.6) is 0 Å². The molecule has 0 aromatic heterocycles. The van der Waals surface area contributed by atoms with Crippen LogP contribution in [0.1, 0.15) is 43.7 Å². The first kappa shape index (κ1) is 12.2. The molecule has 90 valence electrons. The second-order valence-corrected chi connectivity index (χ2v) is 5.24. The summed E-state index contributed by atoms with van der Waals surface area (Å²) < 4.78 is 0. The average molecular weight is 227 g/mol. The first-order valence-electron chi connectivity index (χ1n) is 6.47. The van der Waals surface area contributed by atoms with Crippen molar-refractivity contribution >= 4 is 0 Å². The molecule has 0 heterocycles. The Bertz CT molecular complexity index is 393. The van der Waals surface area contributed by atoms with E-state index in [1.54, 1.807) is 0 Å². The van der Waals surface area contributed by atoms with Gasteiger partial charge in [-0.2, -0.15) is 0 Å². The molecule has 0 aliphatic heterocycles. The van der Waals surface area contributed by atoms with Gasteiger partial charge in [0.25, 0.3) is 0 Å². The fraction of sp³-hybridized carbons (Fsp3) is 0.500. The average Bonchev–Trinajstić information content (AvgIpc) is 3.13. The summed E-state index contributed by atoms with van der Waals surface area (Å²) in [5.41, 5.74) is 2.78. The lowest BCUT2D eigenvalue weighted by Crippen LogP contribution is -2.25. The van der Waals surface area contributed by atoms with Gasteiger partial charge in [-0.25, -0.2) is 0 Å². The molecule has 1 aliphatic rings. The van der Waals surface area contributed by atoms with Crippen LogP contribution in [-0.2, 0) is 6.54 Å². The first-order valence-corrected chi connectivity index (χ1v) is 6.47. The van der Waals surface area contributed by atoms with Crippen LogP contribution < -0.4 is 0 Å². The molecule has 2 rings (SSSR count). The zero-order valence-corrected chi connectivity index (χ0v) is 10.8. The Hall–Kier alpha value is -1.26. The third-order valence-corrected chi connectivity index (χ3v) is 3.39. The minimum absolute atomic E-state index is 0.606. The van der Waals surface area contributed by atoms with Crippen LogP contribution in [-0.4, -0.2) is 17.5 Å². The van der Waals surface area contributed by atoms with Gasteiger partial charge in [-0.3, -0.25) is 4.90 Å². The topological polar surface area (TPSA) is 3.24 Å². The largest absolute Gasteiger partial charge is 0.285 e. The number of terminal acetylenes is 1. The molecule has 1 saturated carbocycles. The summed E-state index contributed by atoms with van der Waals surface area (Å²) >= 11 is 0. The van der Waals surface area contributed by atoms with Crippen molar-refractivity contribution in [3.63, 3.8) is 0 Å². The van der Waals surface area contributed by atoms with Gasteiger partial charge in [0, 0.05) is 12.6 Å². The first-order chi connectivity index (χ1) is 8.20. The SMILES string of the molecule is C#CCN(Cc1ccc(C(C)C)cc1)C1CC1. The molecule has 1 nitrogen and oxygen atoms in total. The Morgan fingerprint density at radius 3 is 2.41 bits per heavy atom. The van der Waals surface area contributed by atoms with Crippen molar-refractivity contribution in [2.75, 3.05) is 6.54 Å². The smallest absolute Gasteiger partial charge is 0.0604 e. The highest BCUT2D eigenvalue weighted by molar-refractivity contribution is 5.24. The van der Waals surface area contributed by atoms with E-state index in [-0.39, 0.29) is 0 Å². The molecule has 0 N–H and O–H groups in total. The standard InChI is InChI=1S/C16H21N/c1-4-11-17(16-9-10-16)12-14-5-7-15(8-6-14)13(2)3/h1,5-8,13,16H,9-12H2,2-3H3. The molecule has 1 heteroatoms. The molecule has 1 fully saturated rings. The van der Waals surface area contributed by atoms with Crippen LogP contribution in [0, 0.1) is 12.3 Å². The maximum atomic E-state index is 5.42. The molecule has 1 aliphatic carbocycles. The maximum Gasteiger partial charge on any atom is 0.0604 e. The van der Waals surface area contributed by atoms with Crippen molar-refractivity contribution in [1.82, 2.24) is 4.90 Å². The Morgan fingerprint density at radius 2 is 1.94 bits per heavy atom. The lowest BCUT2D eigenvalue weighted by Gasteiger charge is -2.19. The highest BCUT2D eigenvalue weighted by Crippen LogP contribution is 2.28. The molecule has 1 aromatic carbocycles. The molecule has 0 bridgehead atoms. The Labute approximate surface area is 105 Å². The van der Waals surface area contributed by atoms with Gasteiger partial charge in [0.05, 0.1) is 6.54 Å². The van der Waals surface area contributed by atoms with Gasteiger partial charge in [0.2, 0.25) is 0 Å². The summed E-state index contributed by atoms with van der Waals surface area (Å²) in [7, 11) is 0. The number of hydrogen-bond donors (Lipinski definition) is 0. The second-order valence-electron chi connectivity index (χ2n) is 5.24. The van der Waals surface area contributed by atoms with Crippen molar-refractivity contribution in [2.45, 2.75) is 45.2 Å². The van der Waals surface area contributed by atoms with E-state index in [4.69, 9.17) is 6.42 Å². The minimum Gasteiger partial charge on any atom is -0.285 e. The minimum atomic E-state index is 0.606. The Morgan fingerprint density at radius 1 is 1.29 bits per heavy atom. The van der Waals surface area contributed by atoms with Crippen LogP contribution >= 0.6 is 0 Å². The maximum absolute atomic E-state index is 5.42. The van der Waals surface area contributed by atoms with E-state index in [2.05, 4.69) is 48.9 Å². The fourth-order valence-electron chi connectivity index (χ4n) is 2.11. The van der Waals surface area contributed by atoms with Crippen LogP contribution in [0.3, 0.4) is 0 Å². The van der Waals surface area contributed by atoms with Gasteiger partial charge in [0.15, 0.2) is 0 Å². The summed E-state index contributed by atoms with van der Waals surface area (Å²) in [6, 6.07) is 9.68. The summed E-state index contributed by atoms with van der Waals surface area (Å²) in [6.07, 6.45) is 8.04. The second kappa shape index (κ2) is 5.38. The van der Waals surface area contributed by atoms with E-state index in [9.17, 15) is 0 Å². The molecule has 0 amide bonds. The van der Waals surface area contributed by atoms with Crippen molar-refractivity contribution in [3.8, 4) is 12.3 Å². The highest BCUT2D eigenvalue weighted by Gasteiger charge is 2.28. The van der Waals surface area contributed by atoms with Gasteiger partial charge in [-0.05, 0) is 29.9 Å². The van der Waals surface area contributed by atoms with Crippen molar-refractivity contribution < 1.29 is 0 Å². The normalized spacial score (nSPS) is 15.2. The number of rotatable bonds is 5. The zero-order chi connectivity index (χ0) is 12.3. The quantitative estimate of drug-likeness (QED) is 0.697. The van der Waals surface area contributed by atoms with E-state index < -0.39 is 0 Å². The monoisotopic (exact) mass is 227 g/mol. The van der Waals surface area contributed by atoms with Crippen molar-refractivity contribution in [3.05, 3.63) is 35.4 Å². The molecule has 0 radical (unpaired) electrons. The summed E-state index contributed by atoms with van der Waals surface area (Å²) in [6.45, 7) is 6.22. The lowest BCUT2D eigenvalue weighted by atomic mass is 10.0. The summed E-state index contributed by atoms with van der Waals surface area (Å²) in [5, 5.41) is 0. The molecule has 0 atom stereocenters. The summed E-state index contributed by atoms with van der Waals surface area (Å²) in [5.74, 6) is 3.37.